The van der Waals surface area contributed by atoms with Crippen LogP contribution in [-0.4, -0.2) is 29.4 Å². The zero-order valence-electron chi connectivity index (χ0n) is 9.76. The molecule has 1 aromatic rings. The van der Waals surface area contributed by atoms with Crippen LogP contribution < -0.4 is 0 Å². The summed E-state index contributed by atoms with van der Waals surface area (Å²) in [6.45, 7) is 2.44. The van der Waals surface area contributed by atoms with Crippen LogP contribution >= 0.6 is 0 Å². The summed E-state index contributed by atoms with van der Waals surface area (Å²) in [6.07, 6.45) is 0.00980. The van der Waals surface area contributed by atoms with Crippen molar-refractivity contribution in [1.29, 1.82) is 0 Å². The van der Waals surface area contributed by atoms with E-state index in [1.807, 2.05) is 30.3 Å². The molecular weight excluding hydrogens is 218 g/mol. The molecule has 1 unspecified atom stereocenters. The molecule has 1 saturated heterocycles. The van der Waals surface area contributed by atoms with Crippen molar-refractivity contribution in [3.63, 3.8) is 0 Å². The van der Waals surface area contributed by atoms with Gasteiger partial charge in [-0.3, -0.25) is 9.59 Å². The third-order valence-electron chi connectivity index (χ3n) is 2.73. The minimum absolute atomic E-state index is 0.0418. The SMILES string of the molecule is CC(=O)OC1CC(=O)N(Cc2ccccc2)C1. The first kappa shape index (κ1) is 11.6. The Hall–Kier alpha value is -1.84. The van der Waals surface area contributed by atoms with Crippen LogP contribution in [0, 0.1) is 0 Å². The first-order chi connectivity index (χ1) is 8.15. The molecule has 0 bridgehead atoms. The van der Waals surface area contributed by atoms with Crippen LogP contribution in [0.15, 0.2) is 30.3 Å². The lowest BCUT2D eigenvalue weighted by Crippen LogP contribution is -2.26. The summed E-state index contributed by atoms with van der Waals surface area (Å²) >= 11 is 0. The van der Waals surface area contributed by atoms with E-state index in [2.05, 4.69) is 0 Å². The highest BCUT2D eigenvalue weighted by Crippen LogP contribution is 2.17. The molecule has 4 heteroatoms. The number of benzene rings is 1. The monoisotopic (exact) mass is 233 g/mol. The van der Waals surface area contributed by atoms with Crippen LogP contribution in [0.2, 0.25) is 0 Å². The van der Waals surface area contributed by atoms with Crippen molar-refractivity contribution in [2.45, 2.75) is 26.0 Å². The number of ether oxygens (including phenoxy) is 1. The van der Waals surface area contributed by atoms with Crippen molar-refractivity contribution in [2.75, 3.05) is 6.54 Å². The summed E-state index contributed by atoms with van der Waals surface area (Å²) in [5, 5.41) is 0. The van der Waals surface area contributed by atoms with E-state index in [1.165, 1.54) is 6.92 Å². The van der Waals surface area contributed by atoms with E-state index in [1.54, 1.807) is 4.90 Å². The quantitative estimate of drug-likeness (QED) is 0.740. The van der Waals surface area contributed by atoms with Crippen molar-refractivity contribution in [1.82, 2.24) is 4.90 Å². The molecule has 1 aliphatic heterocycles. The van der Waals surface area contributed by atoms with Crippen LogP contribution in [0.25, 0.3) is 0 Å². The summed E-state index contributed by atoms with van der Waals surface area (Å²) in [7, 11) is 0. The second-order valence-electron chi connectivity index (χ2n) is 4.20. The molecule has 1 aromatic carbocycles. The Kier molecular flexibility index (Phi) is 3.42. The van der Waals surface area contributed by atoms with E-state index in [4.69, 9.17) is 4.74 Å². The average molecular weight is 233 g/mol. The zero-order valence-corrected chi connectivity index (χ0v) is 9.76. The molecular formula is C13H15NO3. The molecule has 1 aliphatic rings. The predicted molar refractivity (Wildman–Crippen MR) is 62.0 cm³/mol. The Bertz CT molecular complexity index is 416. The lowest BCUT2D eigenvalue weighted by molar-refractivity contribution is -0.145. The molecule has 0 saturated carbocycles. The molecule has 0 radical (unpaired) electrons. The van der Waals surface area contributed by atoms with Gasteiger partial charge in [-0.25, -0.2) is 0 Å². The lowest BCUT2D eigenvalue weighted by atomic mass is 10.2. The van der Waals surface area contributed by atoms with Crippen molar-refractivity contribution in [2.24, 2.45) is 0 Å². The molecule has 1 heterocycles. The Labute approximate surface area is 100 Å². The molecule has 0 spiro atoms. The van der Waals surface area contributed by atoms with Crippen molar-refractivity contribution >= 4 is 11.9 Å². The van der Waals surface area contributed by atoms with Gasteiger partial charge in [0.1, 0.15) is 6.10 Å². The third-order valence-corrected chi connectivity index (χ3v) is 2.73. The molecule has 17 heavy (non-hydrogen) atoms. The maximum atomic E-state index is 11.7. The minimum atomic E-state index is -0.329. The number of nitrogens with zero attached hydrogens (tertiary/aromatic N) is 1. The summed E-state index contributed by atoms with van der Waals surface area (Å²) in [4.78, 5) is 24.2. The van der Waals surface area contributed by atoms with E-state index in [0.29, 0.717) is 19.5 Å². The maximum absolute atomic E-state index is 11.7. The fourth-order valence-corrected chi connectivity index (χ4v) is 2.01. The summed E-state index contributed by atoms with van der Waals surface area (Å²) in [5.74, 6) is -0.288. The molecule has 1 amide bonds. The molecule has 2 rings (SSSR count). The van der Waals surface area contributed by atoms with E-state index in [-0.39, 0.29) is 18.0 Å². The molecule has 0 aromatic heterocycles. The Morgan fingerprint density at radius 2 is 2.12 bits per heavy atom. The highest BCUT2D eigenvalue weighted by molar-refractivity contribution is 5.79. The highest BCUT2D eigenvalue weighted by atomic mass is 16.5. The van der Waals surface area contributed by atoms with Gasteiger partial charge < -0.3 is 9.64 Å². The molecule has 90 valence electrons. The van der Waals surface area contributed by atoms with E-state index < -0.39 is 0 Å². The smallest absolute Gasteiger partial charge is 0.302 e. The number of esters is 1. The number of hydrogen-bond acceptors (Lipinski definition) is 3. The van der Waals surface area contributed by atoms with Gasteiger partial charge in [-0.05, 0) is 5.56 Å². The van der Waals surface area contributed by atoms with Crippen molar-refractivity contribution < 1.29 is 14.3 Å². The minimum Gasteiger partial charge on any atom is -0.460 e. The van der Waals surface area contributed by atoms with Gasteiger partial charge >= 0.3 is 5.97 Å². The second kappa shape index (κ2) is 4.99. The lowest BCUT2D eigenvalue weighted by Gasteiger charge is -2.16. The number of likely N-dealkylation sites (tertiary alicyclic amines) is 1. The Morgan fingerprint density at radius 1 is 1.41 bits per heavy atom. The number of amides is 1. The normalized spacial score (nSPS) is 19.5. The fraction of sp³-hybridized carbons (Fsp3) is 0.385. The summed E-state index contributed by atoms with van der Waals surface area (Å²) in [6, 6.07) is 9.79. The topological polar surface area (TPSA) is 46.6 Å². The van der Waals surface area contributed by atoms with E-state index in [0.717, 1.165) is 5.56 Å². The number of hydrogen-bond donors (Lipinski definition) is 0. The first-order valence-corrected chi connectivity index (χ1v) is 5.64. The Morgan fingerprint density at radius 3 is 2.76 bits per heavy atom. The van der Waals surface area contributed by atoms with Crippen molar-refractivity contribution in [3.8, 4) is 0 Å². The van der Waals surface area contributed by atoms with Gasteiger partial charge in [0.2, 0.25) is 5.91 Å². The largest absolute Gasteiger partial charge is 0.460 e. The third kappa shape index (κ3) is 3.06. The van der Waals surface area contributed by atoms with Gasteiger partial charge in [-0.1, -0.05) is 30.3 Å². The number of carbonyl (C=O) groups is 2. The van der Waals surface area contributed by atoms with Gasteiger partial charge in [0.05, 0.1) is 13.0 Å². The first-order valence-electron chi connectivity index (χ1n) is 5.64. The van der Waals surface area contributed by atoms with Gasteiger partial charge in [0, 0.05) is 13.5 Å². The number of rotatable bonds is 3. The van der Waals surface area contributed by atoms with Gasteiger partial charge in [-0.15, -0.1) is 0 Å². The van der Waals surface area contributed by atoms with Crippen LogP contribution in [0.4, 0.5) is 0 Å². The predicted octanol–water partition coefficient (Wildman–Crippen LogP) is 1.35. The van der Waals surface area contributed by atoms with Gasteiger partial charge in [-0.2, -0.15) is 0 Å². The van der Waals surface area contributed by atoms with E-state index in [9.17, 15) is 9.59 Å². The van der Waals surface area contributed by atoms with Gasteiger partial charge in [0.25, 0.3) is 0 Å². The number of carbonyl (C=O) groups excluding carboxylic acids is 2. The Balaban J connectivity index is 1.95. The standard InChI is InChI=1S/C13H15NO3/c1-10(15)17-12-7-13(16)14(9-12)8-11-5-3-2-4-6-11/h2-6,12H,7-9H2,1H3. The highest BCUT2D eigenvalue weighted by Gasteiger charge is 2.31. The molecule has 0 aliphatic carbocycles. The fourth-order valence-electron chi connectivity index (χ4n) is 2.01. The molecule has 1 atom stereocenters. The van der Waals surface area contributed by atoms with Crippen molar-refractivity contribution in [3.05, 3.63) is 35.9 Å². The molecule has 0 N–H and O–H groups in total. The zero-order chi connectivity index (χ0) is 12.3. The van der Waals surface area contributed by atoms with Crippen LogP contribution in [0.1, 0.15) is 18.9 Å². The van der Waals surface area contributed by atoms with Crippen LogP contribution in [0.5, 0.6) is 0 Å². The second-order valence-corrected chi connectivity index (χ2v) is 4.20. The summed E-state index contributed by atoms with van der Waals surface area (Å²) < 4.78 is 5.05. The molecule has 1 fully saturated rings. The molecule has 4 nitrogen and oxygen atoms in total. The average Bonchev–Trinajstić information content (AvgIpc) is 2.59. The maximum Gasteiger partial charge on any atom is 0.302 e. The summed E-state index contributed by atoms with van der Waals surface area (Å²) in [5.41, 5.74) is 1.09. The van der Waals surface area contributed by atoms with E-state index >= 15 is 0 Å². The van der Waals surface area contributed by atoms with Crippen LogP contribution in [0.3, 0.4) is 0 Å². The van der Waals surface area contributed by atoms with Gasteiger partial charge in [0.15, 0.2) is 0 Å². The van der Waals surface area contributed by atoms with Crippen LogP contribution in [-0.2, 0) is 20.9 Å².